The molecule has 2 aliphatic heterocycles. The molecular formula is C57H50BN2. The van der Waals surface area contributed by atoms with Crippen molar-refractivity contribution in [2.24, 2.45) is 0 Å². The summed E-state index contributed by atoms with van der Waals surface area (Å²) in [4.78, 5) is 2.62. The number of anilines is 5. The summed E-state index contributed by atoms with van der Waals surface area (Å²) >= 11 is 0. The van der Waals surface area contributed by atoms with E-state index in [0.717, 1.165) is 17.8 Å². The SMILES string of the molecule is CCCCCc1cc(-c2ccc(-c3ccccc3)cc2Nc2cccc3c2C(C)(C)c2ccccc2-3)c2c(c1)N1c3cc4ccccc4cc3C(C)(C)c3cccc(c31)[B]2. The van der Waals surface area contributed by atoms with Crippen LogP contribution < -0.4 is 21.1 Å². The van der Waals surface area contributed by atoms with Crippen LogP contribution in [0.2, 0.25) is 0 Å². The molecule has 2 nitrogen and oxygen atoms in total. The highest BCUT2D eigenvalue weighted by molar-refractivity contribution is 6.73. The van der Waals surface area contributed by atoms with Gasteiger partial charge in [-0.2, -0.15) is 0 Å². The van der Waals surface area contributed by atoms with E-state index in [1.54, 1.807) is 0 Å². The highest BCUT2D eigenvalue weighted by Crippen LogP contribution is 2.55. The van der Waals surface area contributed by atoms with Crippen molar-refractivity contribution < 1.29 is 0 Å². The van der Waals surface area contributed by atoms with E-state index in [1.807, 2.05) is 0 Å². The molecule has 8 aromatic rings. The van der Waals surface area contributed by atoms with Gasteiger partial charge in [0, 0.05) is 39.1 Å². The molecule has 0 bridgehead atoms. The number of nitrogens with zero attached hydrogens (tertiary/aromatic N) is 1. The first-order valence-electron chi connectivity index (χ1n) is 21.9. The van der Waals surface area contributed by atoms with Gasteiger partial charge in [-0.25, -0.2) is 0 Å². The predicted octanol–water partition coefficient (Wildman–Crippen LogP) is 14.0. The van der Waals surface area contributed by atoms with Gasteiger partial charge in [-0.3, -0.25) is 0 Å². The molecule has 3 heteroatoms. The number of nitrogens with one attached hydrogen (secondary N) is 1. The van der Waals surface area contributed by atoms with Gasteiger partial charge in [-0.15, -0.1) is 0 Å². The molecule has 8 aromatic carbocycles. The third kappa shape index (κ3) is 5.62. The van der Waals surface area contributed by atoms with E-state index >= 15 is 0 Å². The summed E-state index contributed by atoms with van der Waals surface area (Å²) in [7, 11) is 2.48. The van der Waals surface area contributed by atoms with Crippen LogP contribution in [0.5, 0.6) is 0 Å². The second-order valence-electron chi connectivity index (χ2n) is 18.2. The normalized spacial score (nSPS) is 14.7. The molecule has 0 fully saturated rings. The first-order valence-corrected chi connectivity index (χ1v) is 21.9. The molecule has 0 amide bonds. The van der Waals surface area contributed by atoms with Crippen LogP contribution >= 0.6 is 0 Å². The summed E-state index contributed by atoms with van der Waals surface area (Å²) in [5, 5.41) is 6.69. The van der Waals surface area contributed by atoms with Gasteiger partial charge in [0.2, 0.25) is 0 Å². The predicted molar refractivity (Wildman–Crippen MR) is 257 cm³/mol. The Bertz CT molecular complexity index is 3010. The van der Waals surface area contributed by atoms with Crippen molar-refractivity contribution in [3.63, 3.8) is 0 Å². The second-order valence-corrected chi connectivity index (χ2v) is 18.2. The molecule has 1 N–H and O–H groups in total. The van der Waals surface area contributed by atoms with Gasteiger partial charge in [0.1, 0.15) is 0 Å². The van der Waals surface area contributed by atoms with Crippen molar-refractivity contribution >= 4 is 57.4 Å². The van der Waals surface area contributed by atoms with E-state index in [2.05, 4.69) is 210 Å². The Balaban J connectivity index is 1.15. The Kier molecular flexibility index (Phi) is 8.50. The third-order valence-electron chi connectivity index (χ3n) is 13.8. The van der Waals surface area contributed by atoms with Gasteiger partial charge < -0.3 is 10.2 Å². The number of rotatable bonds is 8. The average Bonchev–Trinajstić information content (AvgIpc) is 3.51. The van der Waals surface area contributed by atoms with Gasteiger partial charge in [0.05, 0.1) is 5.69 Å². The van der Waals surface area contributed by atoms with Crippen molar-refractivity contribution in [2.45, 2.75) is 71.1 Å². The lowest BCUT2D eigenvalue weighted by Gasteiger charge is -2.46. The molecule has 0 atom stereocenters. The van der Waals surface area contributed by atoms with Crippen LogP contribution in [0, 0.1) is 0 Å². The van der Waals surface area contributed by atoms with Crippen molar-refractivity contribution in [2.75, 3.05) is 10.2 Å². The zero-order chi connectivity index (χ0) is 40.8. The minimum absolute atomic E-state index is 0.153. The Labute approximate surface area is 356 Å². The Morgan fingerprint density at radius 2 is 1.25 bits per heavy atom. The topological polar surface area (TPSA) is 15.3 Å². The molecule has 291 valence electrons. The van der Waals surface area contributed by atoms with E-state index in [4.69, 9.17) is 0 Å². The van der Waals surface area contributed by atoms with Crippen LogP contribution in [0.25, 0.3) is 44.2 Å². The number of aryl methyl sites for hydroxylation is 1. The fourth-order valence-corrected chi connectivity index (χ4v) is 10.8. The van der Waals surface area contributed by atoms with Crippen LogP contribution in [0.1, 0.15) is 81.7 Å². The molecule has 1 aliphatic carbocycles. The first kappa shape index (κ1) is 36.7. The highest BCUT2D eigenvalue weighted by atomic mass is 15.2. The maximum Gasteiger partial charge on any atom is 0.197 e. The van der Waals surface area contributed by atoms with Crippen molar-refractivity contribution in [1.82, 2.24) is 0 Å². The molecular weight excluding hydrogens is 723 g/mol. The van der Waals surface area contributed by atoms with Crippen molar-refractivity contribution in [1.29, 1.82) is 0 Å². The number of hydrogen-bond acceptors (Lipinski definition) is 2. The second kappa shape index (κ2) is 13.9. The molecule has 0 saturated carbocycles. The van der Waals surface area contributed by atoms with E-state index in [0.29, 0.717) is 0 Å². The van der Waals surface area contributed by atoms with E-state index in [-0.39, 0.29) is 10.8 Å². The summed E-state index contributed by atoms with van der Waals surface area (Å²) in [6.07, 6.45) is 4.61. The minimum atomic E-state index is -0.165. The zero-order valence-electron chi connectivity index (χ0n) is 35.4. The van der Waals surface area contributed by atoms with Crippen LogP contribution in [-0.4, -0.2) is 7.28 Å². The Morgan fingerprint density at radius 3 is 2.08 bits per heavy atom. The molecule has 60 heavy (non-hydrogen) atoms. The standard InChI is InChI=1S/C57H50BN2/c1-6-7-9-18-36-31-44(54-52(32-36)60-51-35-39-22-13-12-21-38(39)33-47(51)56(2,3)46-26-17-27-48(58-54)55(46)60)42-30-29-40(37-19-10-8-11-20-37)34-50(42)59-49-28-16-24-43-41-23-14-15-25-45(41)57(4,5)53(43)49/h8,10-17,19-35,59H,6-7,9,18H2,1-5H3. The summed E-state index contributed by atoms with van der Waals surface area (Å²) in [5.74, 6) is 0. The maximum atomic E-state index is 4.13. The largest absolute Gasteiger partial charge is 0.355 e. The van der Waals surface area contributed by atoms with Crippen molar-refractivity contribution in [3.05, 3.63) is 186 Å². The van der Waals surface area contributed by atoms with E-state index in [9.17, 15) is 0 Å². The molecule has 0 spiro atoms. The van der Waals surface area contributed by atoms with Crippen LogP contribution in [0.3, 0.4) is 0 Å². The fraction of sp³-hybridized carbons (Fsp3) is 0.193. The van der Waals surface area contributed by atoms with Crippen molar-refractivity contribution in [3.8, 4) is 33.4 Å². The molecule has 0 unspecified atom stereocenters. The van der Waals surface area contributed by atoms with Gasteiger partial charge in [-0.1, -0.05) is 180 Å². The maximum absolute atomic E-state index is 4.13. The Hall–Kier alpha value is -6.32. The number of fused-ring (bicyclic) bond motifs is 8. The lowest BCUT2D eigenvalue weighted by atomic mass is 9.55. The summed E-state index contributed by atoms with van der Waals surface area (Å²) in [6.45, 7) is 11.9. The first-order chi connectivity index (χ1) is 29.2. The van der Waals surface area contributed by atoms with Gasteiger partial charge in [0.15, 0.2) is 7.28 Å². The Morgan fingerprint density at radius 1 is 0.517 bits per heavy atom. The van der Waals surface area contributed by atoms with Gasteiger partial charge in [-0.05, 0) is 115 Å². The molecule has 0 saturated heterocycles. The smallest absolute Gasteiger partial charge is 0.197 e. The molecule has 3 aliphatic rings. The van der Waals surface area contributed by atoms with Crippen LogP contribution in [0.15, 0.2) is 158 Å². The summed E-state index contributed by atoms with van der Waals surface area (Å²) in [6, 6.07) is 59.3. The molecule has 11 rings (SSSR count). The third-order valence-corrected chi connectivity index (χ3v) is 13.8. The van der Waals surface area contributed by atoms with E-state index in [1.165, 1.54) is 119 Å². The zero-order valence-corrected chi connectivity index (χ0v) is 35.4. The number of hydrogen-bond donors (Lipinski definition) is 1. The number of para-hydroxylation sites is 1. The summed E-state index contributed by atoms with van der Waals surface area (Å²) < 4.78 is 0. The van der Waals surface area contributed by atoms with Crippen LogP contribution in [0.4, 0.5) is 28.4 Å². The summed E-state index contributed by atoms with van der Waals surface area (Å²) in [5.41, 5.74) is 22.7. The lowest BCUT2D eigenvalue weighted by molar-refractivity contribution is 0.633. The number of unbranched alkanes of at least 4 members (excludes halogenated alkanes) is 2. The lowest BCUT2D eigenvalue weighted by Crippen LogP contribution is -2.45. The average molecular weight is 774 g/mol. The highest BCUT2D eigenvalue weighted by Gasteiger charge is 2.42. The number of benzene rings is 8. The van der Waals surface area contributed by atoms with Crippen LogP contribution in [-0.2, 0) is 17.3 Å². The molecule has 0 aromatic heterocycles. The minimum Gasteiger partial charge on any atom is -0.355 e. The molecule has 1 radical (unpaired) electrons. The monoisotopic (exact) mass is 773 g/mol. The molecule has 2 heterocycles. The van der Waals surface area contributed by atoms with E-state index < -0.39 is 0 Å². The quantitative estimate of drug-likeness (QED) is 0.122. The van der Waals surface area contributed by atoms with Gasteiger partial charge >= 0.3 is 0 Å². The van der Waals surface area contributed by atoms with Gasteiger partial charge in [0.25, 0.3) is 0 Å². The fourth-order valence-electron chi connectivity index (χ4n) is 10.8.